The molecule has 1 aromatic carbocycles. The van der Waals surface area contributed by atoms with Crippen molar-refractivity contribution >= 4 is 11.6 Å². The molecule has 2 N–H and O–H groups in total. The lowest BCUT2D eigenvalue weighted by Gasteiger charge is -2.20. The Morgan fingerprint density at radius 1 is 1.26 bits per heavy atom. The normalized spacial score (nSPS) is 23.4. The van der Waals surface area contributed by atoms with Gasteiger partial charge in [-0.15, -0.1) is 0 Å². The molecule has 3 heteroatoms. The van der Waals surface area contributed by atoms with Gasteiger partial charge in [0.15, 0.2) is 0 Å². The monoisotopic (exact) mass is 260 g/mol. The van der Waals surface area contributed by atoms with Crippen LogP contribution in [-0.4, -0.2) is 18.5 Å². The molecule has 1 amide bonds. The van der Waals surface area contributed by atoms with Gasteiger partial charge in [-0.25, -0.2) is 0 Å². The maximum Gasteiger partial charge on any atom is 0.229 e. The molecule has 19 heavy (non-hydrogen) atoms. The predicted octanol–water partition coefficient (Wildman–Crippen LogP) is 2.92. The van der Waals surface area contributed by atoms with Gasteiger partial charge in [0.1, 0.15) is 0 Å². The molecule has 1 aliphatic heterocycles. The molecule has 3 nitrogen and oxygen atoms in total. The van der Waals surface area contributed by atoms with E-state index in [1.54, 1.807) is 0 Å². The summed E-state index contributed by atoms with van der Waals surface area (Å²) >= 11 is 0. The zero-order chi connectivity index (χ0) is 14.0. The highest BCUT2D eigenvalue weighted by atomic mass is 16.1. The molecular weight excluding hydrogens is 236 g/mol. The lowest BCUT2D eigenvalue weighted by Crippen LogP contribution is -2.32. The van der Waals surface area contributed by atoms with Crippen LogP contribution in [0.4, 0.5) is 5.69 Å². The molecule has 0 bridgehead atoms. The van der Waals surface area contributed by atoms with Gasteiger partial charge in [-0.2, -0.15) is 0 Å². The molecule has 0 radical (unpaired) electrons. The maximum absolute atomic E-state index is 12.2. The summed E-state index contributed by atoms with van der Waals surface area (Å²) in [4.78, 5) is 12.2. The molecule has 2 atom stereocenters. The zero-order valence-corrected chi connectivity index (χ0v) is 12.3. The van der Waals surface area contributed by atoms with Gasteiger partial charge in [-0.3, -0.25) is 4.79 Å². The van der Waals surface area contributed by atoms with Gasteiger partial charge in [0, 0.05) is 11.7 Å². The second-order valence-corrected chi connectivity index (χ2v) is 6.45. The highest BCUT2D eigenvalue weighted by Crippen LogP contribution is 2.24. The third-order valence-electron chi connectivity index (χ3n) is 3.88. The van der Waals surface area contributed by atoms with Crippen molar-refractivity contribution in [1.82, 2.24) is 5.32 Å². The van der Waals surface area contributed by atoms with E-state index in [9.17, 15) is 4.79 Å². The van der Waals surface area contributed by atoms with Crippen molar-refractivity contribution in [2.45, 2.75) is 45.6 Å². The van der Waals surface area contributed by atoms with Gasteiger partial charge >= 0.3 is 0 Å². The highest BCUT2D eigenvalue weighted by molar-refractivity contribution is 5.93. The van der Waals surface area contributed by atoms with E-state index in [4.69, 9.17) is 0 Å². The van der Waals surface area contributed by atoms with Crippen LogP contribution in [0.2, 0.25) is 0 Å². The van der Waals surface area contributed by atoms with Crippen LogP contribution in [0, 0.1) is 5.92 Å². The maximum atomic E-state index is 12.2. The molecule has 2 rings (SSSR count). The Bertz CT molecular complexity index is 445. The van der Waals surface area contributed by atoms with E-state index in [1.807, 2.05) is 12.1 Å². The van der Waals surface area contributed by atoms with Gasteiger partial charge in [0.05, 0.1) is 5.92 Å². The summed E-state index contributed by atoms with van der Waals surface area (Å²) in [6, 6.07) is 8.43. The number of hydrogen-bond donors (Lipinski definition) is 2. The number of hydrogen-bond acceptors (Lipinski definition) is 2. The molecular formula is C16H24N2O. The third kappa shape index (κ3) is 3.35. The van der Waals surface area contributed by atoms with Gasteiger partial charge in [-0.05, 0) is 43.0 Å². The molecule has 2 unspecified atom stereocenters. The van der Waals surface area contributed by atoms with Crippen LogP contribution in [0.15, 0.2) is 24.3 Å². The van der Waals surface area contributed by atoms with Crippen LogP contribution in [-0.2, 0) is 10.2 Å². The number of carbonyl (C=O) groups excluding carboxylic acids is 1. The van der Waals surface area contributed by atoms with E-state index in [1.165, 1.54) is 5.56 Å². The molecule has 1 fully saturated rings. The summed E-state index contributed by atoms with van der Waals surface area (Å²) in [5.41, 5.74) is 2.31. The van der Waals surface area contributed by atoms with Crippen LogP contribution in [0.3, 0.4) is 0 Å². The lowest BCUT2D eigenvalue weighted by molar-refractivity contribution is -0.119. The van der Waals surface area contributed by atoms with Gasteiger partial charge in [-0.1, -0.05) is 32.9 Å². The molecule has 0 spiro atoms. The average Bonchev–Trinajstić information content (AvgIpc) is 2.75. The molecule has 1 aromatic rings. The van der Waals surface area contributed by atoms with E-state index in [0.29, 0.717) is 0 Å². The van der Waals surface area contributed by atoms with Crippen molar-refractivity contribution < 1.29 is 4.79 Å². The van der Waals surface area contributed by atoms with E-state index in [2.05, 4.69) is 50.5 Å². The van der Waals surface area contributed by atoms with Gasteiger partial charge in [0.2, 0.25) is 5.91 Å². The molecule has 1 saturated heterocycles. The van der Waals surface area contributed by atoms with Crippen LogP contribution in [0.5, 0.6) is 0 Å². The summed E-state index contributed by atoms with van der Waals surface area (Å²) in [6.45, 7) is 9.56. The number of benzene rings is 1. The molecule has 104 valence electrons. The first-order valence-electron chi connectivity index (χ1n) is 7.03. The summed E-state index contributed by atoms with van der Waals surface area (Å²) in [5, 5.41) is 6.32. The van der Waals surface area contributed by atoms with E-state index < -0.39 is 0 Å². The Labute approximate surface area is 115 Å². The van der Waals surface area contributed by atoms with E-state index in [0.717, 1.165) is 18.7 Å². The second-order valence-electron chi connectivity index (χ2n) is 6.45. The molecule has 0 aromatic heterocycles. The predicted molar refractivity (Wildman–Crippen MR) is 79.3 cm³/mol. The number of amides is 1. The smallest absolute Gasteiger partial charge is 0.229 e. The second kappa shape index (κ2) is 5.33. The minimum atomic E-state index is 0.0855. The first kappa shape index (κ1) is 14.1. The van der Waals surface area contributed by atoms with Gasteiger partial charge < -0.3 is 10.6 Å². The van der Waals surface area contributed by atoms with Crippen LogP contribution < -0.4 is 10.6 Å². The first-order valence-corrected chi connectivity index (χ1v) is 7.03. The van der Waals surface area contributed by atoms with E-state index in [-0.39, 0.29) is 23.3 Å². The average molecular weight is 260 g/mol. The first-order chi connectivity index (χ1) is 8.88. The Balaban J connectivity index is 2.02. The fourth-order valence-electron chi connectivity index (χ4n) is 2.51. The van der Waals surface area contributed by atoms with Crippen molar-refractivity contribution in [1.29, 1.82) is 0 Å². The summed E-state index contributed by atoms with van der Waals surface area (Å²) in [7, 11) is 0. The molecule has 0 saturated carbocycles. The third-order valence-corrected chi connectivity index (χ3v) is 3.88. The highest BCUT2D eigenvalue weighted by Gasteiger charge is 2.29. The molecule has 1 aliphatic rings. The Morgan fingerprint density at radius 2 is 1.89 bits per heavy atom. The minimum Gasteiger partial charge on any atom is -0.326 e. The SMILES string of the molecule is CC1NCCC1C(=O)Nc1ccc(C(C)(C)C)cc1. The number of nitrogens with one attached hydrogen (secondary N) is 2. The fraction of sp³-hybridized carbons (Fsp3) is 0.562. The largest absolute Gasteiger partial charge is 0.326 e. The fourth-order valence-corrected chi connectivity index (χ4v) is 2.51. The molecule has 1 heterocycles. The van der Waals surface area contributed by atoms with Crippen LogP contribution >= 0.6 is 0 Å². The topological polar surface area (TPSA) is 41.1 Å². The van der Waals surface area contributed by atoms with Crippen LogP contribution in [0.1, 0.15) is 39.7 Å². The van der Waals surface area contributed by atoms with Crippen molar-refractivity contribution in [2.75, 3.05) is 11.9 Å². The van der Waals surface area contributed by atoms with Gasteiger partial charge in [0.25, 0.3) is 0 Å². The molecule has 0 aliphatic carbocycles. The quantitative estimate of drug-likeness (QED) is 0.858. The Kier molecular flexibility index (Phi) is 3.95. The van der Waals surface area contributed by atoms with Crippen molar-refractivity contribution in [3.05, 3.63) is 29.8 Å². The summed E-state index contributed by atoms with van der Waals surface area (Å²) in [6.07, 6.45) is 0.924. The number of carbonyl (C=O) groups is 1. The minimum absolute atomic E-state index is 0.0855. The zero-order valence-electron chi connectivity index (χ0n) is 12.3. The Hall–Kier alpha value is -1.35. The van der Waals surface area contributed by atoms with Crippen molar-refractivity contribution in [2.24, 2.45) is 5.92 Å². The lowest BCUT2D eigenvalue weighted by atomic mass is 9.87. The summed E-state index contributed by atoms with van der Waals surface area (Å²) < 4.78 is 0. The summed E-state index contributed by atoms with van der Waals surface area (Å²) in [5.74, 6) is 0.211. The van der Waals surface area contributed by atoms with Crippen molar-refractivity contribution in [3.8, 4) is 0 Å². The van der Waals surface area contributed by atoms with E-state index >= 15 is 0 Å². The number of rotatable bonds is 2. The Morgan fingerprint density at radius 3 is 2.37 bits per heavy atom. The van der Waals surface area contributed by atoms with Crippen LogP contribution in [0.25, 0.3) is 0 Å². The standard InChI is InChI=1S/C16H24N2O/c1-11-14(9-10-17-11)15(19)18-13-7-5-12(6-8-13)16(2,3)4/h5-8,11,14,17H,9-10H2,1-4H3,(H,18,19). The van der Waals surface area contributed by atoms with Crippen molar-refractivity contribution in [3.63, 3.8) is 0 Å². The number of anilines is 1.